The Labute approximate surface area is 101 Å². The maximum Gasteiger partial charge on any atom is 0.191 e. The van der Waals surface area contributed by atoms with Gasteiger partial charge < -0.3 is 10.6 Å². The Morgan fingerprint density at radius 3 is 2.69 bits per heavy atom. The summed E-state index contributed by atoms with van der Waals surface area (Å²) in [5.41, 5.74) is 0.950. The van der Waals surface area contributed by atoms with Crippen molar-refractivity contribution in [2.24, 2.45) is 11.3 Å². The molecule has 88 valence electrons. The normalized spacial score (nSPS) is 47.1. The summed E-state index contributed by atoms with van der Waals surface area (Å²) in [6, 6.07) is 0. The van der Waals surface area contributed by atoms with Gasteiger partial charge in [-0.25, -0.2) is 0 Å². The maximum absolute atomic E-state index is 10.5. The molecule has 0 radical (unpaired) electrons. The van der Waals surface area contributed by atoms with Gasteiger partial charge in [-0.3, -0.25) is 4.68 Å². The van der Waals surface area contributed by atoms with Crippen LogP contribution in [0.1, 0.15) is 39.5 Å². The highest BCUT2D eigenvalue weighted by atomic mass is 35.5. The lowest BCUT2D eigenvalue weighted by molar-refractivity contribution is -0.594. The van der Waals surface area contributed by atoms with Crippen LogP contribution < -0.4 is 0 Å². The zero-order valence-electron chi connectivity index (χ0n) is 9.72. The number of carbonyl (C=O) groups excluding carboxylic acids is 1. The van der Waals surface area contributed by atoms with E-state index < -0.39 is 4.87 Å². The van der Waals surface area contributed by atoms with Crippen molar-refractivity contribution >= 4 is 23.6 Å². The molecule has 0 aromatic rings. The molecule has 3 bridgehead atoms. The predicted molar refractivity (Wildman–Crippen MR) is 62.7 cm³/mol. The van der Waals surface area contributed by atoms with Gasteiger partial charge in [-0.05, 0) is 12.8 Å². The minimum atomic E-state index is -0.401. The maximum atomic E-state index is 10.5. The number of nitrogens with one attached hydrogen (secondary N) is 1. The first-order chi connectivity index (χ1) is 7.43. The first kappa shape index (κ1) is 10.6. The number of rotatable bonds is 3. The molecule has 4 aliphatic rings. The van der Waals surface area contributed by atoms with E-state index in [-0.39, 0.29) is 11.0 Å². The van der Waals surface area contributed by atoms with Crippen molar-refractivity contribution in [2.45, 2.75) is 49.9 Å². The van der Waals surface area contributed by atoms with E-state index in [9.17, 15) is 4.79 Å². The standard InChI is InChI=1S/C12H17ClN2O/c1-10(2)8-4-6-12(10)11(13,5-3-7-16)9(8)15(12)14/h7-8,14H,3-6H2,1-2H3. The Bertz CT molecular complexity index is 417. The van der Waals surface area contributed by atoms with Crippen LogP contribution in [0.4, 0.5) is 0 Å². The van der Waals surface area contributed by atoms with Gasteiger partial charge in [0, 0.05) is 18.3 Å². The molecule has 0 amide bonds. The first-order valence-electron chi connectivity index (χ1n) is 5.95. The molecular formula is C12H17ClN2O. The molecule has 1 N–H and O–H groups in total. The topological polar surface area (TPSA) is 43.9 Å². The molecule has 16 heavy (non-hydrogen) atoms. The highest BCUT2D eigenvalue weighted by Gasteiger charge is 2.88. The lowest BCUT2D eigenvalue weighted by atomic mass is 9.67. The summed E-state index contributed by atoms with van der Waals surface area (Å²) in [6.07, 6.45) is 4.30. The Hall–Kier alpha value is -0.570. The molecule has 4 rings (SSSR count). The zero-order valence-corrected chi connectivity index (χ0v) is 10.5. The number of nitrogens with zero attached hydrogens (tertiary/aromatic N) is 1. The SMILES string of the molecule is CC1(C)C2CCC13[N+]([NH-])=C2C3(Cl)CCC=O. The van der Waals surface area contributed by atoms with Crippen molar-refractivity contribution in [3.8, 4) is 0 Å². The summed E-state index contributed by atoms with van der Waals surface area (Å²) in [5, 5.41) is 0. The van der Waals surface area contributed by atoms with Crippen LogP contribution in [-0.4, -0.2) is 27.1 Å². The van der Waals surface area contributed by atoms with Crippen molar-refractivity contribution in [1.82, 2.24) is 0 Å². The lowest BCUT2D eigenvalue weighted by Gasteiger charge is -2.51. The van der Waals surface area contributed by atoms with Gasteiger partial charge in [0.05, 0.1) is 5.92 Å². The molecule has 0 aromatic carbocycles. The highest BCUT2D eigenvalue weighted by molar-refractivity contribution is 6.40. The van der Waals surface area contributed by atoms with E-state index >= 15 is 0 Å². The minimum Gasteiger partial charge on any atom is -0.454 e. The van der Waals surface area contributed by atoms with Crippen LogP contribution in [0.2, 0.25) is 0 Å². The van der Waals surface area contributed by atoms with Gasteiger partial charge in [0.1, 0.15) is 6.29 Å². The third-order valence-electron chi connectivity index (χ3n) is 5.35. The second-order valence-corrected chi connectivity index (χ2v) is 6.55. The van der Waals surface area contributed by atoms with Gasteiger partial charge in [-0.15, -0.1) is 0 Å². The highest BCUT2D eigenvalue weighted by Crippen LogP contribution is 2.73. The Morgan fingerprint density at radius 1 is 1.62 bits per heavy atom. The number of hydrogen-bond acceptors (Lipinski definition) is 1. The Morgan fingerprint density at radius 2 is 2.31 bits per heavy atom. The van der Waals surface area contributed by atoms with Gasteiger partial charge in [0.25, 0.3) is 0 Å². The van der Waals surface area contributed by atoms with Crippen LogP contribution >= 0.6 is 11.6 Å². The smallest absolute Gasteiger partial charge is 0.191 e. The van der Waals surface area contributed by atoms with Crippen LogP contribution in [0.3, 0.4) is 0 Å². The van der Waals surface area contributed by atoms with Crippen molar-refractivity contribution in [3.05, 3.63) is 5.84 Å². The van der Waals surface area contributed by atoms with Gasteiger partial charge in [0.2, 0.25) is 0 Å². The van der Waals surface area contributed by atoms with Crippen LogP contribution in [0.25, 0.3) is 5.84 Å². The molecule has 3 nitrogen and oxygen atoms in total. The lowest BCUT2D eigenvalue weighted by Crippen LogP contribution is -2.70. The van der Waals surface area contributed by atoms with Crippen molar-refractivity contribution < 1.29 is 9.48 Å². The van der Waals surface area contributed by atoms with Crippen LogP contribution in [0.15, 0.2) is 0 Å². The van der Waals surface area contributed by atoms with Crippen molar-refractivity contribution in [1.29, 1.82) is 0 Å². The number of carbonyl (C=O) groups is 1. The van der Waals surface area contributed by atoms with E-state index in [2.05, 4.69) is 13.8 Å². The third-order valence-corrected chi connectivity index (χ3v) is 6.05. The quantitative estimate of drug-likeness (QED) is 0.425. The summed E-state index contributed by atoms with van der Waals surface area (Å²) in [6.45, 7) is 4.45. The monoisotopic (exact) mass is 240 g/mol. The molecule has 2 aliphatic carbocycles. The summed E-state index contributed by atoms with van der Waals surface area (Å²) in [4.78, 5) is 10.1. The van der Waals surface area contributed by atoms with E-state index in [1.54, 1.807) is 4.68 Å². The predicted octanol–water partition coefficient (Wildman–Crippen LogP) is 2.57. The minimum absolute atomic E-state index is 0.0920. The van der Waals surface area contributed by atoms with E-state index in [0.29, 0.717) is 18.8 Å². The van der Waals surface area contributed by atoms with Crippen molar-refractivity contribution in [2.75, 3.05) is 0 Å². The first-order valence-corrected chi connectivity index (χ1v) is 6.32. The van der Waals surface area contributed by atoms with Crippen molar-refractivity contribution in [3.63, 3.8) is 0 Å². The summed E-state index contributed by atoms with van der Waals surface area (Å²) in [7, 11) is 0. The average molecular weight is 241 g/mol. The van der Waals surface area contributed by atoms with Crippen LogP contribution in [0.5, 0.6) is 0 Å². The van der Waals surface area contributed by atoms with E-state index in [1.165, 1.54) is 0 Å². The van der Waals surface area contributed by atoms with E-state index in [1.807, 2.05) is 0 Å². The molecule has 3 atom stereocenters. The van der Waals surface area contributed by atoms with Gasteiger partial charge in [-0.2, -0.15) is 0 Å². The number of hydrogen-bond donors (Lipinski definition) is 0. The zero-order chi connectivity index (χ0) is 11.8. The molecule has 0 saturated heterocycles. The number of halogens is 1. The second-order valence-electron chi connectivity index (χ2n) is 5.90. The fourth-order valence-electron chi connectivity index (χ4n) is 4.66. The summed E-state index contributed by atoms with van der Waals surface area (Å²) in [5.74, 6) is 8.59. The molecule has 3 unspecified atom stereocenters. The molecule has 1 spiro atoms. The molecule has 0 aromatic heterocycles. The average Bonchev–Trinajstić information content (AvgIpc) is 2.66. The molecule has 4 heteroatoms. The fourth-order valence-corrected chi connectivity index (χ4v) is 5.40. The summed E-state index contributed by atoms with van der Waals surface area (Å²) < 4.78 is 1.67. The molecular weight excluding hydrogens is 224 g/mol. The fraction of sp³-hybridized carbons (Fsp3) is 0.833. The van der Waals surface area contributed by atoms with Crippen LogP contribution in [-0.2, 0) is 4.79 Å². The molecule has 2 heterocycles. The molecule has 2 aliphatic heterocycles. The molecule has 2 fully saturated rings. The third kappa shape index (κ3) is 0.700. The Balaban J connectivity index is 2.07. The number of aldehydes is 1. The van der Waals surface area contributed by atoms with E-state index in [4.69, 9.17) is 17.4 Å². The van der Waals surface area contributed by atoms with Gasteiger partial charge in [0.15, 0.2) is 16.1 Å². The van der Waals surface area contributed by atoms with Crippen LogP contribution in [0, 0.1) is 11.3 Å². The largest absolute Gasteiger partial charge is 0.454 e. The molecule has 2 saturated carbocycles. The summed E-state index contributed by atoms with van der Waals surface area (Å²) >= 11 is 6.76. The van der Waals surface area contributed by atoms with Gasteiger partial charge in [-0.1, -0.05) is 25.4 Å². The second kappa shape index (κ2) is 2.63. The van der Waals surface area contributed by atoms with E-state index in [0.717, 1.165) is 24.8 Å². The van der Waals surface area contributed by atoms with Gasteiger partial charge >= 0.3 is 0 Å². The Kier molecular flexibility index (Phi) is 1.74. The number of alkyl halides is 1.